The first-order valence-electron chi connectivity index (χ1n) is 18.8. The molecule has 262 valence electrons. The summed E-state index contributed by atoms with van der Waals surface area (Å²) in [6.07, 6.45) is 0. The van der Waals surface area contributed by atoms with Crippen LogP contribution >= 0.6 is 0 Å². The van der Waals surface area contributed by atoms with Crippen molar-refractivity contribution in [2.24, 2.45) is 0 Å². The quantitative estimate of drug-likeness (QED) is 0.180. The van der Waals surface area contributed by atoms with Gasteiger partial charge in [-0.3, -0.25) is 0 Å². The molecule has 0 bridgehead atoms. The molecule has 7 aromatic carbocycles. The van der Waals surface area contributed by atoms with Crippen LogP contribution in [0.4, 0.5) is 11.4 Å². The molecule has 0 amide bonds. The first-order chi connectivity index (χ1) is 27.8. The van der Waals surface area contributed by atoms with Crippen LogP contribution in [-0.4, -0.2) is 15.0 Å². The van der Waals surface area contributed by atoms with E-state index in [-0.39, 0.29) is 0 Å². The van der Waals surface area contributed by atoms with Crippen LogP contribution in [0.3, 0.4) is 0 Å². The van der Waals surface area contributed by atoms with Gasteiger partial charge in [-0.2, -0.15) is 0 Å². The first kappa shape index (κ1) is 30.8. The van der Waals surface area contributed by atoms with Crippen LogP contribution in [-0.2, 0) is 5.41 Å². The number of ether oxygens (including phenoxy) is 1. The Labute approximate surface area is 322 Å². The minimum Gasteiger partial charge on any atom is -0.459 e. The topological polar surface area (TPSA) is 64.3 Å². The highest BCUT2D eigenvalue weighted by Crippen LogP contribution is 2.67. The zero-order valence-corrected chi connectivity index (χ0v) is 29.9. The molecular weight excluding hydrogens is 689 g/mol. The molecule has 0 saturated heterocycles. The van der Waals surface area contributed by atoms with E-state index in [1.54, 1.807) is 0 Å². The molecule has 6 nitrogen and oxygen atoms in total. The monoisotopic (exact) mass is 718 g/mol. The fraction of sp³-hybridized carbons (Fsp3) is 0.0200. The van der Waals surface area contributed by atoms with E-state index in [1.165, 1.54) is 11.1 Å². The Morgan fingerprint density at radius 2 is 1.00 bits per heavy atom. The average Bonchev–Trinajstić information content (AvgIpc) is 3.90. The summed E-state index contributed by atoms with van der Waals surface area (Å²) in [6, 6.07) is 62.5. The van der Waals surface area contributed by atoms with Crippen molar-refractivity contribution in [2.45, 2.75) is 5.41 Å². The molecule has 1 aliphatic heterocycles. The van der Waals surface area contributed by atoms with E-state index in [0.717, 1.165) is 72.9 Å². The molecular formula is C50H30N4O2. The fourth-order valence-electron chi connectivity index (χ4n) is 9.00. The van der Waals surface area contributed by atoms with Crippen molar-refractivity contribution in [1.29, 1.82) is 0 Å². The molecule has 0 atom stereocenters. The minimum absolute atomic E-state index is 0.546. The Morgan fingerprint density at radius 1 is 0.464 bits per heavy atom. The summed E-state index contributed by atoms with van der Waals surface area (Å²) in [5.41, 5.74) is 11.0. The van der Waals surface area contributed by atoms with Crippen LogP contribution in [0.2, 0.25) is 0 Å². The van der Waals surface area contributed by atoms with E-state index in [4.69, 9.17) is 24.1 Å². The summed E-state index contributed by atoms with van der Waals surface area (Å²) >= 11 is 0. The maximum absolute atomic E-state index is 7.45. The van der Waals surface area contributed by atoms with Gasteiger partial charge < -0.3 is 14.1 Å². The average molecular weight is 719 g/mol. The highest BCUT2D eigenvalue weighted by Gasteiger charge is 2.60. The Morgan fingerprint density at radius 3 is 1.66 bits per heavy atom. The van der Waals surface area contributed by atoms with Crippen molar-refractivity contribution in [3.05, 3.63) is 210 Å². The maximum Gasteiger partial charge on any atom is 0.166 e. The Bertz CT molecular complexity index is 2960. The second-order valence-corrected chi connectivity index (χ2v) is 14.3. The standard InChI is InChI=1S/C50H30N4O2/c1-4-17-31(18-5-1)47-51-48(32-19-6-2-7-20-32)53-49(52-47)37-26-16-30-41-43(37)54(33-21-8-3-9-22-33)44-42-36-25-12-15-29-40(36)55-45(42)50(46(44)56-41)38-27-13-10-23-34(38)35-24-11-14-28-39(35)50/h1-30H. The molecule has 3 aliphatic rings. The van der Waals surface area contributed by atoms with E-state index in [9.17, 15) is 0 Å². The number of allylic oxidation sites excluding steroid dienone is 1. The summed E-state index contributed by atoms with van der Waals surface area (Å²) in [5, 5.41) is 1.03. The van der Waals surface area contributed by atoms with E-state index >= 15 is 0 Å². The van der Waals surface area contributed by atoms with Gasteiger partial charge in [0, 0.05) is 27.8 Å². The lowest BCUT2D eigenvalue weighted by atomic mass is 9.76. The molecule has 2 aromatic heterocycles. The van der Waals surface area contributed by atoms with E-state index in [2.05, 4.69) is 114 Å². The number of anilines is 2. The lowest BCUT2D eigenvalue weighted by molar-refractivity contribution is 0.346. The van der Waals surface area contributed by atoms with Gasteiger partial charge in [-0.15, -0.1) is 0 Å². The van der Waals surface area contributed by atoms with Crippen LogP contribution in [0.25, 0.3) is 62.0 Å². The van der Waals surface area contributed by atoms with Gasteiger partial charge in [0.05, 0.1) is 11.3 Å². The zero-order chi connectivity index (χ0) is 36.8. The first-order valence-corrected chi connectivity index (χ1v) is 18.8. The zero-order valence-electron chi connectivity index (χ0n) is 29.9. The van der Waals surface area contributed by atoms with Gasteiger partial charge in [0.1, 0.15) is 22.4 Å². The third-order valence-corrected chi connectivity index (χ3v) is 11.3. The summed E-state index contributed by atoms with van der Waals surface area (Å²) in [4.78, 5) is 17.7. The van der Waals surface area contributed by atoms with Gasteiger partial charge >= 0.3 is 0 Å². The van der Waals surface area contributed by atoms with E-state index in [1.807, 2.05) is 72.8 Å². The van der Waals surface area contributed by atoms with Crippen molar-refractivity contribution in [1.82, 2.24) is 15.0 Å². The molecule has 12 rings (SSSR count). The van der Waals surface area contributed by atoms with Crippen molar-refractivity contribution in [2.75, 3.05) is 4.90 Å². The lowest BCUT2D eigenvalue weighted by Gasteiger charge is -2.37. The van der Waals surface area contributed by atoms with Crippen molar-refractivity contribution < 1.29 is 9.15 Å². The van der Waals surface area contributed by atoms with Crippen LogP contribution in [0.15, 0.2) is 192 Å². The normalized spacial score (nSPS) is 14.2. The molecule has 0 fully saturated rings. The molecule has 56 heavy (non-hydrogen) atoms. The smallest absolute Gasteiger partial charge is 0.166 e. The van der Waals surface area contributed by atoms with Gasteiger partial charge in [0.2, 0.25) is 0 Å². The number of hydrogen-bond acceptors (Lipinski definition) is 6. The lowest BCUT2D eigenvalue weighted by Crippen LogP contribution is -2.33. The summed E-state index contributed by atoms with van der Waals surface area (Å²) < 4.78 is 14.5. The van der Waals surface area contributed by atoms with Gasteiger partial charge in [-0.25, -0.2) is 15.0 Å². The molecule has 0 N–H and O–H groups in total. The molecule has 0 saturated carbocycles. The number of aromatic nitrogens is 3. The molecule has 0 radical (unpaired) electrons. The number of fused-ring (bicyclic) bond motifs is 12. The molecule has 6 heteroatoms. The fourth-order valence-corrected chi connectivity index (χ4v) is 9.00. The molecule has 1 spiro atoms. The summed E-state index contributed by atoms with van der Waals surface area (Å²) in [7, 11) is 0. The predicted molar refractivity (Wildman–Crippen MR) is 220 cm³/mol. The molecule has 0 unspecified atom stereocenters. The highest BCUT2D eigenvalue weighted by molar-refractivity contribution is 6.09. The van der Waals surface area contributed by atoms with Crippen molar-refractivity contribution in [3.63, 3.8) is 0 Å². The number of furan rings is 1. The third-order valence-electron chi connectivity index (χ3n) is 11.3. The predicted octanol–water partition coefficient (Wildman–Crippen LogP) is 11.8. The van der Waals surface area contributed by atoms with Gasteiger partial charge in [0.15, 0.2) is 29.0 Å². The SMILES string of the molecule is c1ccc(-c2nc(-c3ccccc3)nc(-c3cccc4c3N(c3ccccc3)C3=C(O4)C4(c5ccccc5-c5ccccc54)c4oc5ccccc5c43)n2)cc1. The van der Waals surface area contributed by atoms with Gasteiger partial charge in [0.25, 0.3) is 0 Å². The highest BCUT2D eigenvalue weighted by atomic mass is 16.5. The Balaban J connectivity index is 1.19. The second-order valence-electron chi connectivity index (χ2n) is 14.3. The van der Waals surface area contributed by atoms with E-state index < -0.39 is 5.41 Å². The maximum atomic E-state index is 7.45. The van der Waals surface area contributed by atoms with Crippen molar-refractivity contribution >= 4 is 28.0 Å². The number of hydrogen-bond donors (Lipinski definition) is 0. The van der Waals surface area contributed by atoms with Crippen LogP contribution in [0, 0.1) is 0 Å². The number of rotatable bonds is 4. The molecule has 9 aromatic rings. The minimum atomic E-state index is -0.842. The van der Waals surface area contributed by atoms with Crippen molar-refractivity contribution in [3.8, 4) is 51.0 Å². The van der Waals surface area contributed by atoms with E-state index in [0.29, 0.717) is 23.2 Å². The largest absolute Gasteiger partial charge is 0.459 e. The van der Waals surface area contributed by atoms with Crippen LogP contribution < -0.4 is 9.64 Å². The second kappa shape index (κ2) is 11.7. The van der Waals surface area contributed by atoms with Gasteiger partial charge in [-0.1, -0.05) is 152 Å². The molecule has 2 aliphatic carbocycles. The molecule has 3 heterocycles. The Hall–Kier alpha value is -7.57. The summed E-state index contributed by atoms with van der Waals surface area (Å²) in [5.74, 6) is 4.10. The van der Waals surface area contributed by atoms with Crippen LogP contribution in [0.1, 0.15) is 22.5 Å². The Kier molecular flexibility index (Phi) is 6.45. The number of nitrogens with zero attached hydrogens (tertiary/aromatic N) is 4. The summed E-state index contributed by atoms with van der Waals surface area (Å²) in [6.45, 7) is 0. The van der Waals surface area contributed by atoms with Gasteiger partial charge in [-0.05, 0) is 52.6 Å². The number of benzene rings is 7. The number of para-hydroxylation sites is 3. The van der Waals surface area contributed by atoms with Crippen LogP contribution in [0.5, 0.6) is 5.75 Å². The third kappa shape index (κ3) is 4.18.